The number of piperazine rings is 1. The van der Waals surface area contributed by atoms with Gasteiger partial charge in [-0.15, -0.1) is 0 Å². The lowest BCUT2D eigenvalue weighted by atomic mass is 9.99. The molecular weight excluding hydrogens is 718 g/mol. The second-order valence-corrected chi connectivity index (χ2v) is 11.2. The second kappa shape index (κ2) is 26.3. The van der Waals surface area contributed by atoms with Crippen LogP contribution < -0.4 is 43.8 Å². The quantitative estimate of drug-likeness (QED) is 0.0641. The number of hydrogen-bond acceptors (Lipinski definition) is 13. The standard InChI is InChI=1S/C19H20F2N2O4.C8H10N4O.C6H10N2O.C4H10N2/c1-22-16-6-10(14(20)8-12(16)18(24)25)4-3-5-11-7-17(23-2)13(19(26)27)9-15(11)21;9-7(5-13)1-2-8(10)12-4-3-11-6-12;1-8-6(5-9)3-2-4-7;1-2-6-4-3-5-1/h6-9,22-23H,3-5H2,1-2H3,(H,24,25)(H,26,27);1-6H,9-10H2;2-5,8H,7H2,1H3;5-6H,1-4H2/b;7-1-,8-2+;4-2-,6-3-;. The van der Waals surface area contributed by atoms with Gasteiger partial charge in [0, 0.05) is 71.1 Å². The molecule has 298 valence electrons. The smallest absolute Gasteiger partial charge is 0.337 e. The summed E-state index contributed by atoms with van der Waals surface area (Å²) in [5.41, 5.74) is 17.4. The Kier molecular flexibility index (Phi) is 22.2. The first-order valence-electron chi connectivity index (χ1n) is 16.8. The van der Waals surface area contributed by atoms with E-state index in [1.807, 2.05) is 0 Å². The topological polar surface area (TPSA) is 265 Å². The largest absolute Gasteiger partial charge is 0.478 e. The third kappa shape index (κ3) is 17.2. The van der Waals surface area contributed by atoms with E-state index in [9.17, 15) is 28.0 Å². The van der Waals surface area contributed by atoms with Crippen LogP contribution in [0.1, 0.15) is 38.3 Å². The number of likely N-dealkylation sites (N-methyl/N-ethyl adjacent to an activating group) is 1. The zero-order chi connectivity index (χ0) is 41.2. The molecular formula is C37H50F2N10O6. The summed E-state index contributed by atoms with van der Waals surface area (Å²) in [5.74, 6) is -3.29. The zero-order valence-corrected chi connectivity index (χ0v) is 30.9. The first kappa shape index (κ1) is 46.5. The van der Waals surface area contributed by atoms with Crippen LogP contribution in [0.25, 0.3) is 5.82 Å². The average molecular weight is 769 g/mol. The number of aldehydes is 2. The number of carbonyl (C=O) groups is 4. The molecule has 2 heterocycles. The minimum absolute atomic E-state index is 0.128. The number of benzene rings is 2. The molecule has 18 heteroatoms. The van der Waals surface area contributed by atoms with Crippen molar-refractivity contribution in [2.45, 2.75) is 19.3 Å². The Bertz CT molecular complexity index is 1720. The highest BCUT2D eigenvalue weighted by atomic mass is 19.1. The van der Waals surface area contributed by atoms with Gasteiger partial charge in [0.1, 0.15) is 23.8 Å². The highest BCUT2D eigenvalue weighted by Gasteiger charge is 2.16. The molecule has 2 aromatic carbocycles. The molecule has 3 aromatic rings. The summed E-state index contributed by atoms with van der Waals surface area (Å²) in [5, 5.41) is 32.7. The van der Waals surface area contributed by atoms with Crippen molar-refractivity contribution in [3.05, 3.63) is 119 Å². The molecule has 4 rings (SSSR count). The number of nitrogens with zero attached hydrogens (tertiary/aromatic N) is 2. The van der Waals surface area contributed by atoms with Crippen molar-refractivity contribution in [3.8, 4) is 0 Å². The fraction of sp³-hybridized carbons (Fsp3) is 0.270. The van der Waals surface area contributed by atoms with E-state index in [4.69, 9.17) is 27.4 Å². The normalized spacial score (nSPS) is 12.8. The lowest BCUT2D eigenvalue weighted by Crippen LogP contribution is -2.39. The number of aromatic carboxylic acids is 2. The third-order valence-corrected chi connectivity index (χ3v) is 7.41. The molecule has 0 aliphatic carbocycles. The number of nitrogens with one attached hydrogen (secondary N) is 5. The minimum atomic E-state index is -1.23. The van der Waals surface area contributed by atoms with E-state index in [0.717, 1.165) is 44.6 Å². The molecule has 13 N–H and O–H groups in total. The molecule has 1 saturated heterocycles. The molecule has 16 nitrogen and oxygen atoms in total. The summed E-state index contributed by atoms with van der Waals surface area (Å²) < 4.78 is 29.9. The molecule has 0 unspecified atom stereocenters. The molecule has 0 atom stereocenters. The first-order chi connectivity index (χ1) is 26.4. The molecule has 0 bridgehead atoms. The SMILES string of the molecule is C1CNCCN1.CN/C(C=O)=C\C=C/N.CNc1cc(CCCc2cc(NC)c(C(=O)O)cc2F)c(F)cc1C(=O)O.N/C(C=O)=C\C=C(/N)n1ccnc1. The van der Waals surface area contributed by atoms with Crippen LogP contribution in [0.5, 0.6) is 0 Å². The number of nitrogens with two attached hydrogens (primary N) is 3. The molecule has 1 aliphatic heterocycles. The Morgan fingerprint density at radius 3 is 1.69 bits per heavy atom. The number of aryl methyl sites for hydroxylation is 2. The predicted octanol–water partition coefficient (Wildman–Crippen LogP) is 2.24. The number of anilines is 2. The molecule has 1 fully saturated rings. The Hall–Kier alpha value is -6.53. The maximum atomic E-state index is 14.2. The van der Waals surface area contributed by atoms with Gasteiger partial charge in [0.2, 0.25) is 0 Å². The van der Waals surface area contributed by atoms with E-state index in [1.54, 1.807) is 56.6 Å². The van der Waals surface area contributed by atoms with Crippen LogP contribution in [0, 0.1) is 11.6 Å². The predicted molar refractivity (Wildman–Crippen MR) is 209 cm³/mol. The lowest BCUT2D eigenvalue weighted by molar-refractivity contribution is -0.105. The van der Waals surface area contributed by atoms with Gasteiger partial charge in [-0.05, 0) is 85.2 Å². The molecule has 0 radical (unpaired) electrons. The molecule has 1 aromatic heterocycles. The van der Waals surface area contributed by atoms with Crippen molar-refractivity contribution in [2.24, 2.45) is 17.2 Å². The van der Waals surface area contributed by atoms with Crippen molar-refractivity contribution in [1.82, 2.24) is 25.5 Å². The summed E-state index contributed by atoms with van der Waals surface area (Å²) in [7, 11) is 4.76. The summed E-state index contributed by atoms with van der Waals surface area (Å²) >= 11 is 0. The van der Waals surface area contributed by atoms with Crippen LogP contribution in [0.4, 0.5) is 20.2 Å². The molecule has 1 aliphatic rings. The number of halogens is 2. The Labute approximate surface area is 318 Å². The average Bonchev–Trinajstić information content (AvgIpc) is 3.75. The maximum Gasteiger partial charge on any atom is 0.337 e. The second-order valence-electron chi connectivity index (χ2n) is 11.2. The Morgan fingerprint density at radius 1 is 0.836 bits per heavy atom. The van der Waals surface area contributed by atoms with Crippen LogP contribution in [0.3, 0.4) is 0 Å². The number of carboxylic acids is 2. The highest BCUT2D eigenvalue weighted by Crippen LogP contribution is 2.25. The van der Waals surface area contributed by atoms with Crippen molar-refractivity contribution < 1.29 is 38.2 Å². The van der Waals surface area contributed by atoms with Gasteiger partial charge in [-0.1, -0.05) is 0 Å². The van der Waals surface area contributed by atoms with Gasteiger partial charge in [-0.25, -0.2) is 23.4 Å². The summed E-state index contributed by atoms with van der Waals surface area (Å²) in [6, 6.07) is 4.79. The van der Waals surface area contributed by atoms with E-state index in [1.165, 1.54) is 30.5 Å². The van der Waals surface area contributed by atoms with Gasteiger partial charge in [0.25, 0.3) is 0 Å². The molecule has 55 heavy (non-hydrogen) atoms. The minimum Gasteiger partial charge on any atom is -0.478 e. The monoisotopic (exact) mass is 768 g/mol. The van der Waals surface area contributed by atoms with E-state index >= 15 is 0 Å². The van der Waals surface area contributed by atoms with E-state index in [0.29, 0.717) is 46.7 Å². The van der Waals surface area contributed by atoms with Gasteiger partial charge >= 0.3 is 11.9 Å². The van der Waals surface area contributed by atoms with Crippen LogP contribution in [-0.4, -0.2) is 91.6 Å². The van der Waals surface area contributed by atoms with Crippen LogP contribution in [-0.2, 0) is 22.4 Å². The number of rotatable bonds is 14. The van der Waals surface area contributed by atoms with E-state index in [2.05, 4.69) is 31.6 Å². The number of hydrogen-bond donors (Lipinski definition) is 10. The van der Waals surface area contributed by atoms with Crippen molar-refractivity contribution in [2.75, 3.05) is 58.0 Å². The van der Waals surface area contributed by atoms with Crippen molar-refractivity contribution in [3.63, 3.8) is 0 Å². The van der Waals surface area contributed by atoms with Gasteiger partial charge in [-0.2, -0.15) is 0 Å². The van der Waals surface area contributed by atoms with E-state index in [-0.39, 0.29) is 29.7 Å². The van der Waals surface area contributed by atoms with Gasteiger partial charge in [-0.3, -0.25) is 14.2 Å². The highest BCUT2D eigenvalue weighted by molar-refractivity contribution is 5.95. The fourth-order valence-corrected chi connectivity index (χ4v) is 4.52. The van der Waals surface area contributed by atoms with Gasteiger partial charge in [0.15, 0.2) is 12.6 Å². The van der Waals surface area contributed by atoms with Gasteiger partial charge < -0.3 is 54.0 Å². The van der Waals surface area contributed by atoms with Crippen molar-refractivity contribution in [1.29, 1.82) is 0 Å². The number of allylic oxidation sites excluding steroid dienone is 6. The summed E-state index contributed by atoms with van der Waals surface area (Å²) in [4.78, 5) is 46.2. The zero-order valence-electron chi connectivity index (χ0n) is 30.9. The number of aromatic nitrogens is 2. The van der Waals surface area contributed by atoms with Gasteiger partial charge in [0.05, 0.1) is 22.5 Å². The van der Waals surface area contributed by atoms with Crippen LogP contribution in [0.2, 0.25) is 0 Å². The van der Waals surface area contributed by atoms with Crippen LogP contribution >= 0.6 is 0 Å². The molecule has 0 amide bonds. The summed E-state index contributed by atoms with van der Waals surface area (Å²) in [6.45, 7) is 4.56. The molecule has 0 spiro atoms. The van der Waals surface area contributed by atoms with Crippen molar-refractivity contribution >= 4 is 41.7 Å². The first-order valence-corrected chi connectivity index (χ1v) is 16.8. The number of carboxylic acid groups (broad SMARTS) is 2. The number of imidazole rings is 1. The Morgan fingerprint density at radius 2 is 1.35 bits per heavy atom. The third-order valence-electron chi connectivity index (χ3n) is 7.41. The van der Waals surface area contributed by atoms with Crippen LogP contribution in [0.15, 0.2) is 84.9 Å². The summed E-state index contributed by atoms with van der Waals surface area (Å²) in [6.07, 6.45) is 14.6. The Balaban J connectivity index is 0.000000442. The van der Waals surface area contributed by atoms with E-state index < -0.39 is 23.6 Å². The maximum absolute atomic E-state index is 14.2. The molecule has 0 saturated carbocycles. The lowest BCUT2D eigenvalue weighted by Gasteiger charge is -2.12. The number of carbonyl (C=O) groups excluding carboxylic acids is 2. The fourth-order valence-electron chi connectivity index (χ4n) is 4.52.